The molecule has 0 amide bonds. The van der Waals surface area contributed by atoms with Crippen LogP contribution in [0.15, 0.2) is 0 Å². The van der Waals surface area contributed by atoms with E-state index in [9.17, 15) is 0 Å². The van der Waals surface area contributed by atoms with Crippen LogP contribution in [0.25, 0.3) is 0 Å². The van der Waals surface area contributed by atoms with Gasteiger partial charge in [0.25, 0.3) is 0 Å². The molecule has 0 N–H and O–H groups in total. The summed E-state index contributed by atoms with van der Waals surface area (Å²) in [6.07, 6.45) is 11.2. The second-order valence-corrected chi connectivity index (χ2v) is 7.95. The number of hydrogen-bond donors (Lipinski definition) is 0. The summed E-state index contributed by atoms with van der Waals surface area (Å²) in [4.78, 5) is 0. The van der Waals surface area contributed by atoms with E-state index in [1.807, 2.05) is 0 Å². The zero-order valence-electron chi connectivity index (χ0n) is 13.5. The molecule has 4 nitrogen and oxygen atoms in total. The van der Waals surface area contributed by atoms with Gasteiger partial charge in [-0.15, -0.1) is 0 Å². The van der Waals surface area contributed by atoms with Gasteiger partial charge in [-0.3, -0.25) is 0 Å². The quantitative estimate of drug-likeness (QED) is 0.689. The van der Waals surface area contributed by atoms with E-state index in [1.54, 1.807) is 0 Å². The third-order valence-corrected chi connectivity index (χ3v) is 7.31. The summed E-state index contributed by atoms with van der Waals surface area (Å²) in [5.41, 5.74) is -0.777. The zero-order valence-corrected chi connectivity index (χ0v) is 13.5. The average Bonchev–Trinajstić information content (AvgIpc) is 3.31. The van der Waals surface area contributed by atoms with Gasteiger partial charge in [-0.25, -0.2) is 0 Å². The Morgan fingerprint density at radius 2 is 0.818 bits per heavy atom. The first-order valence-electron chi connectivity index (χ1n) is 9.34. The molecule has 22 heavy (non-hydrogen) atoms. The van der Waals surface area contributed by atoms with Crippen LogP contribution in [0.1, 0.15) is 64.2 Å². The summed E-state index contributed by atoms with van der Waals surface area (Å²) >= 11 is 0. The van der Waals surface area contributed by atoms with Crippen molar-refractivity contribution in [1.29, 1.82) is 0 Å². The maximum atomic E-state index is 6.61. The second kappa shape index (κ2) is 4.69. The molecule has 0 radical (unpaired) electrons. The molecular weight excluding hydrogens is 280 g/mol. The van der Waals surface area contributed by atoms with E-state index in [0.29, 0.717) is 0 Å². The highest BCUT2D eigenvalue weighted by Gasteiger charge is 2.78. The van der Waals surface area contributed by atoms with Crippen LogP contribution in [0.4, 0.5) is 0 Å². The van der Waals surface area contributed by atoms with Gasteiger partial charge in [-0.1, -0.05) is 0 Å². The normalized spacial score (nSPS) is 54.5. The standard InChI is InChI=1S/C18H28O4/c1-5-15(19-11-1)9-10-16(6-2-12-20-16)18(8-4-14-22-18)17(15)7-3-13-21-17/h1-14H2/t15-,16-,17+,18+/m1/s1. The van der Waals surface area contributed by atoms with Crippen molar-refractivity contribution < 1.29 is 18.9 Å². The molecule has 4 aliphatic heterocycles. The summed E-state index contributed by atoms with van der Waals surface area (Å²) in [5.74, 6) is 0. The van der Waals surface area contributed by atoms with Crippen molar-refractivity contribution in [2.24, 2.45) is 0 Å². The van der Waals surface area contributed by atoms with Crippen LogP contribution in [0.5, 0.6) is 0 Å². The third kappa shape index (κ3) is 1.44. The maximum absolute atomic E-state index is 6.61. The van der Waals surface area contributed by atoms with Crippen molar-refractivity contribution in [2.45, 2.75) is 86.6 Å². The molecule has 124 valence electrons. The highest BCUT2D eigenvalue weighted by molar-refractivity contribution is 5.28. The molecule has 5 aliphatic rings. The van der Waals surface area contributed by atoms with Gasteiger partial charge in [-0.2, -0.15) is 0 Å². The molecule has 0 bridgehead atoms. The topological polar surface area (TPSA) is 36.9 Å². The first kappa shape index (κ1) is 14.2. The summed E-state index contributed by atoms with van der Waals surface area (Å²) in [6.45, 7) is 3.47. The van der Waals surface area contributed by atoms with E-state index < -0.39 is 0 Å². The molecule has 0 unspecified atom stereocenters. The van der Waals surface area contributed by atoms with E-state index in [4.69, 9.17) is 18.9 Å². The van der Waals surface area contributed by atoms with Crippen molar-refractivity contribution in [3.63, 3.8) is 0 Å². The van der Waals surface area contributed by atoms with E-state index in [1.165, 1.54) is 0 Å². The fourth-order valence-corrected chi connectivity index (χ4v) is 6.60. The van der Waals surface area contributed by atoms with Crippen LogP contribution in [0.3, 0.4) is 0 Å². The molecule has 5 rings (SSSR count). The van der Waals surface area contributed by atoms with Crippen LogP contribution < -0.4 is 0 Å². The lowest BCUT2D eigenvalue weighted by atomic mass is 9.53. The smallest absolute Gasteiger partial charge is 0.129 e. The largest absolute Gasteiger partial charge is 0.372 e. The van der Waals surface area contributed by atoms with Crippen molar-refractivity contribution in [1.82, 2.24) is 0 Å². The van der Waals surface area contributed by atoms with E-state index in [-0.39, 0.29) is 22.4 Å². The molecule has 1 saturated carbocycles. The molecule has 4 atom stereocenters. The van der Waals surface area contributed by atoms with Gasteiger partial charge in [0.15, 0.2) is 0 Å². The predicted octanol–water partition coefficient (Wildman–Crippen LogP) is 2.98. The van der Waals surface area contributed by atoms with Gasteiger partial charge in [0.05, 0.1) is 0 Å². The molecule has 0 aromatic carbocycles. The van der Waals surface area contributed by atoms with Crippen molar-refractivity contribution >= 4 is 0 Å². The molecule has 5 fully saturated rings. The number of hydrogen-bond acceptors (Lipinski definition) is 4. The van der Waals surface area contributed by atoms with Gasteiger partial charge >= 0.3 is 0 Å². The Morgan fingerprint density at radius 1 is 0.409 bits per heavy atom. The highest BCUT2D eigenvalue weighted by atomic mass is 16.6. The Balaban J connectivity index is 1.68. The van der Waals surface area contributed by atoms with Gasteiger partial charge in [-0.05, 0) is 64.2 Å². The lowest BCUT2D eigenvalue weighted by Gasteiger charge is -2.64. The Bertz CT molecular complexity index is 394. The second-order valence-electron chi connectivity index (χ2n) is 7.95. The Morgan fingerprint density at radius 3 is 1.14 bits per heavy atom. The molecule has 4 spiro atoms. The minimum absolute atomic E-state index is 0.120. The van der Waals surface area contributed by atoms with E-state index >= 15 is 0 Å². The summed E-state index contributed by atoms with van der Waals surface area (Å²) in [7, 11) is 0. The zero-order chi connectivity index (χ0) is 14.7. The predicted molar refractivity (Wildman–Crippen MR) is 80.9 cm³/mol. The van der Waals surface area contributed by atoms with Crippen LogP contribution in [-0.2, 0) is 18.9 Å². The minimum atomic E-state index is -0.268. The molecule has 4 saturated heterocycles. The molecule has 4 heterocycles. The number of fused-ring (bicyclic) bond motifs is 3. The number of rotatable bonds is 0. The van der Waals surface area contributed by atoms with Gasteiger partial charge < -0.3 is 18.9 Å². The third-order valence-electron chi connectivity index (χ3n) is 7.31. The monoisotopic (exact) mass is 308 g/mol. The molecule has 1 aliphatic carbocycles. The number of ether oxygens (including phenoxy) is 4. The Labute approximate surface area is 132 Å². The van der Waals surface area contributed by atoms with Gasteiger partial charge in [0.2, 0.25) is 0 Å². The van der Waals surface area contributed by atoms with Crippen LogP contribution in [0.2, 0.25) is 0 Å². The van der Waals surface area contributed by atoms with Crippen LogP contribution in [-0.4, -0.2) is 48.8 Å². The fraction of sp³-hybridized carbons (Fsp3) is 1.00. The first-order chi connectivity index (χ1) is 10.8. The minimum Gasteiger partial charge on any atom is -0.372 e. The SMILES string of the molecule is C1CO[C@]2(C1)CC[C@]1(CCCO1)[C@@]1(CCCO1)[C@]21CCCO1. The highest BCUT2D eigenvalue weighted by Crippen LogP contribution is 2.66. The Kier molecular flexibility index (Phi) is 3.03. The first-order valence-corrected chi connectivity index (χ1v) is 9.34. The summed E-state index contributed by atoms with van der Waals surface area (Å²) in [6, 6.07) is 0. The van der Waals surface area contributed by atoms with Crippen molar-refractivity contribution in [2.75, 3.05) is 26.4 Å². The van der Waals surface area contributed by atoms with Crippen LogP contribution >= 0.6 is 0 Å². The van der Waals surface area contributed by atoms with Gasteiger partial charge in [0, 0.05) is 26.4 Å². The van der Waals surface area contributed by atoms with Crippen molar-refractivity contribution in [3.8, 4) is 0 Å². The lowest BCUT2D eigenvalue weighted by Crippen LogP contribution is -2.78. The molecule has 4 heteroatoms. The summed E-state index contributed by atoms with van der Waals surface area (Å²) < 4.78 is 26.1. The maximum Gasteiger partial charge on any atom is 0.129 e. The lowest BCUT2D eigenvalue weighted by molar-refractivity contribution is -0.333. The average molecular weight is 308 g/mol. The molecule has 0 aromatic heterocycles. The summed E-state index contributed by atoms with van der Waals surface area (Å²) in [5, 5.41) is 0. The van der Waals surface area contributed by atoms with Gasteiger partial charge in [0.1, 0.15) is 22.4 Å². The van der Waals surface area contributed by atoms with Crippen LogP contribution in [0, 0.1) is 0 Å². The molecule has 0 aromatic rings. The Hall–Kier alpha value is -0.160. The van der Waals surface area contributed by atoms with E-state index in [2.05, 4.69) is 0 Å². The van der Waals surface area contributed by atoms with E-state index in [0.717, 1.165) is 90.6 Å². The molecular formula is C18H28O4. The fourth-order valence-electron chi connectivity index (χ4n) is 6.60. The van der Waals surface area contributed by atoms with Crippen molar-refractivity contribution in [3.05, 3.63) is 0 Å².